The molecule has 1 aromatic carbocycles. The fraction of sp³-hybridized carbons (Fsp3) is 0.231. The number of carbonyl (C=O) groups excluding carboxylic acids is 1. The van der Waals surface area contributed by atoms with Crippen LogP contribution < -0.4 is 11.5 Å². The van der Waals surface area contributed by atoms with Crippen LogP contribution in [-0.4, -0.2) is 38.0 Å². The smallest absolute Gasteiger partial charge is 0.320 e. The second-order valence-corrected chi connectivity index (χ2v) is 4.62. The summed E-state index contributed by atoms with van der Waals surface area (Å²) in [6, 6.07) is 5.81. The zero-order valence-electron chi connectivity index (χ0n) is 11.1. The van der Waals surface area contributed by atoms with Gasteiger partial charge < -0.3 is 16.6 Å². The predicted octanol–water partition coefficient (Wildman–Crippen LogP) is -0.620. The molecule has 0 spiro atoms. The summed E-state index contributed by atoms with van der Waals surface area (Å²) in [6.07, 6.45) is 1.76. The molecule has 0 bridgehead atoms. The molecule has 110 valence electrons. The lowest BCUT2D eigenvalue weighted by atomic mass is 10.1. The third-order valence-electron chi connectivity index (χ3n) is 2.92. The van der Waals surface area contributed by atoms with Crippen molar-refractivity contribution in [3.05, 3.63) is 47.3 Å². The minimum absolute atomic E-state index is 0.121. The van der Waals surface area contributed by atoms with Crippen LogP contribution in [0.25, 0.3) is 0 Å². The Morgan fingerprint density at radius 1 is 1.29 bits per heavy atom. The van der Waals surface area contributed by atoms with E-state index in [0.717, 1.165) is 5.56 Å². The molecular weight excluding hydrogens is 274 g/mol. The number of aliphatic carboxylic acids is 1. The molecule has 8 heteroatoms. The van der Waals surface area contributed by atoms with Crippen LogP contribution in [0.2, 0.25) is 0 Å². The van der Waals surface area contributed by atoms with E-state index in [1.54, 1.807) is 35.1 Å². The Morgan fingerprint density at radius 3 is 2.52 bits per heavy atom. The van der Waals surface area contributed by atoms with Crippen molar-refractivity contribution in [2.75, 3.05) is 0 Å². The third kappa shape index (κ3) is 3.86. The van der Waals surface area contributed by atoms with E-state index in [1.165, 1.54) is 0 Å². The molecule has 2 rings (SSSR count). The van der Waals surface area contributed by atoms with E-state index < -0.39 is 17.9 Å². The molecule has 1 amide bonds. The molecule has 1 atom stereocenters. The fourth-order valence-electron chi connectivity index (χ4n) is 1.78. The molecule has 0 aliphatic heterocycles. The van der Waals surface area contributed by atoms with Crippen molar-refractivity contribution in [2.24, 2.45) is 11.5 Å². The number of carbonyl (C=O) groups is 2. The number of rotatable bonds is 6. The molecule has 0 fully saturated rings. The summed E-state index contributed by atoms with van der Waals surface area (Å²) < 4.78 is 1.57. The second-order valence-electron chi connectivity index (χ2n) is 4.62. The Kier molecular flexibility index (Phi) is 4.29. The first-order valence-electron chi connectivity index (χ1n) is 6.22. The van der Waals surface area contributed by atoms with Gasteiger partial charge in [-0.25, -0.2) is 4.68 Å². The normalized spacial score (nSPS) is 12.0. The lowest BCUT2D eigenvalue weighted by molar-refractivity contribution is -0.138. The van der Waals surface area contributed by atoms with Crippen molar-refractivity contribution in [3.8, 4) is 0 Å². The molecule has 0 aliphatic rings. The molecule has 1 heterocycles. The average Bonchev–Trinajstić information content (AvgIpc) is 2.86. The summed E-state index contributed by atoms with van der Waals surface area (Å²) >= 11 is 0. The summed E-state index contributed by atoms with van der Waals surface area (Å²) in [5.41, 5.74) is 12.5. The van der Waals surface area contributed by atoms with Gasteiger partial charge in [-0.3, -0.25) is 9.59 Å². The van der Waals surface area contributed by atoms with E-state index in [1.807, 2.05) is 0 Å². The maximum Gasteiger partial charge on any atom is 0.320 e. The zero-order chi connectivity index (χ0) is 15.4. The van der Waals surface area contributed by atoms with Gasteiger partial charge in [-0.2, -0.15) is 0 Å². The largest absolute Gasteiger partial charge is 0.480 e. The maximum absolute atomic E-state index is 11.0. The molecule has 0 saturated carbocycles. The van der Waals surface area contributed by atoms with Crippen molar-refractivity contribution >= 4 is 11.9 Å². The zero-order valence-corrected chi connectivity index (χ0v) is 11.1. The number of aromatic nitrogens is 3. The van der Waals surface area contributed by atoms with Crippen LogP contribution in [0, 0.1) is 0 Å². The van der Waals surface area contributed by atoms with Gasteiger partial charge in [0, 0.05) is 18.2 Å². The molecule has 1 unspecified atom stereocenters. The highest BCUT2D eigenvalue weighted by Crippen LogP contribution is 2.06. The van der Waals surface area contributed by atoms with E-state index in [2.05, 4.69) is 10.3 Å². The number of hydrogen-bond acceptors (Lipinski definition) is 5. The van der Waals surface area contributed by atoms with Crippen LogP contribution in [-0.2, 0) is 17.8 Å². The number of hydrogen-bond donors (Lipinski definition) is 3. The van der Waals surface area contributed by atoms with Crippen LogP contribution in [0.3, 0.4) is 0 Å². The second kappa shape index (κ2) is 6.14. The van der Waals surface area contributed by atoms with Crippen LogP contribution in [0.4, 0.5) is 0 Å². The average molecular weight is 289 g/mol. The lowest BCUT2D eigenvalue weighted by Crippen LogP contribution is -2.32. The summed E-state index contributed by atoms with van der Waals surface area (Å²) in [7, 11) is 0. The number of primary amides is 1. The van der Waals surface area contributed by atoms with Gasteiger partial charge in [0.2, 0.25) is 5.91 Å². The van der Waals surface area contributed by atoms with Gasteiger partial charge in [0.25, 0.3) is 0 Å². The predicted molar refractivity (Wildman–Crippen MR) is 73.4 cm³/mol. The highest BCUT2D eigenvalue weighted by atomic mass is 16.4. The topological polar surface area (TPSA) is 137 Å². The van der Waals surface area contributed by atoms with Gasteiger partial charge >= 0.3 is 5.97 Å². The molecule has 0 saturated heterocycles. The van der Waals surface area contributed by atoms with Gasteiger partial charge in [0.15, 0.2) is 0 Å². The Morgan fingerprint density at radius 2 is 1.95 bits per heavy atom. The Hall–Kier alpha value is -2.74. The van der Waals surface area contributed by atoms with Gasteiger partial charge in [-0.15, -0.1) is 5.10 Å². The standard InChI is InChI=1S/C13H15N5O3/c14-11(13(20)21)5-10-7-18(17-16-10)6-8-1-3-9(4-2-8)12(15)19/h1-4,7,11H,5-6,14H2,(H2,15,19)(H,20,21). The summed E-state index contributed by atoms with van der Waals surface area (Å²) in [4.78, 5) is 21.6. The van der Waals surface area contributed by atoms with Gasteiger partial charge in [-0.05, 0) is 17.7 Å². The van der Waals surface area contributed by atoms with Gasteiger partial charge in [0.1, 0.15) is 6.04 Å². The molecule has 5 N–H and O–H groups in total. The van der Waals surface area contributed by atoms with Crippen molar-refractivity contribution in [3.63, 3.8) is 0 Å². The first-order valence-corrected chi connectivity index (χ1v) is 6.22. The number of carboxylic acid groups (broad SMARTS) is 1. The van der Waals surface area contributed by atoms with Crippen LogP contribution >= 0.6 is 0 Å². The monoisotopic (exact) mass is 289 g/mol. The minimum Gasteiger partial charge on any atom is -0.480 e. The maximum atomic E-state index is 11.0. The van der Waals surface area contributed by atoms with E-state index >= 15 is 0 Å². The number of benzene rings is 1. The van der Waals surface area contributed by atoms with Crippen LogP contribution in [0.5, 0.6) is 0 Å². The Labute approximate surface area is 120 Å². The summed E-state index contributed by atoms with van der Waals surface area (Å²) in [6.45, 7) is 0.453. The Balaban J connectivity index is 2.02. The van der Waals surface area contributed by atoms with Crippen molar-refractivity contribution in [1.29, 1.82) is 0 Å². The molecule has 0 radical (unpaired) electrons. The number of carboxylic acids is 1. The molecular formula is C13H15N5O3. The summed E-state index contributed by atoms with van der Waals surface area (Å²) in [5, 5.41) is 16.5. The summed E-state index contributed by atoms with van der Waals surface area (Å²) in [5.74, 6) is -1.56. The quantitative estimate of drug-likeness (QED) is 0.648. The molecule has 0 aliphatic carbocycles. The SMILES string of the molecule is NC(=O)c1ccc(Cn2cc(CC(N)C(=O)O)nn2)cc1. The van der Waals surface area contributed by atoms with Crippen molar-refractivity contribution < 1.29 is 14.7 Å². The third-order valence-corrected chi connectivity index (χ3v) is 2.92. The highest BCUT2D eigenvalue weighted by Gasteiger charge is 2.14. The van der Waals surface area contributed by atoms with Gasteiger partial charge in [0.05, 0.1) is 12.2 Å². The van der Waals surface area contributed by atoms with E-state index in [9.17, 15) is 9.59 Å². The van der Waals surface area contributed by atoms with Crippen LogP contribution in [0.1, 0.15) is 21.6 Å². The first-order chi connectivity index (χ1) is 9.95. The Bertz CT molecular complexity index is 650. The first kappa shape index (κ1) is 14.7. The van der Waals surface area contributed by atoms with E-state index in [0.29, 0.717) is 17.8 Å². The van der Waals surface area contributed by atoms with Crippen LogP contribution in [0.15, 0.2) is 30.5 Å². The molecule has 1 aromatic heterocycles. The lowest BCUT2D eigenvalue weighted by Gasteiger charge is -2.03. The van der Waals surface area contributed by atoms with E-state index in [4.69, 9.17) is 16.6 Å². The highest BCUT2D eigenvalue weighted by molar-refractivity contribution is 5.92. The number of amides is 1. The van der Waals surface area contributed by atoms with Crippen molar-refractivity contribution in [1.82, 2.24) is 15.0 Å². The molecule has 8 nitrogen and oxygen atoms in total. The molecule has 21 heavy (non-hydrogen) atoms. The molecule has 2 aromatic rings. The van der Waals surface area contributed by atoms with Crippen molar-refractivity contribution in [2.45, 2.75) is 19.0 Å². The fourth-order valence-corrected chi connectivity index (χ4v) is 1.78. The van der Waals surface area contributed by atoms with Gasteiger partial charge in [-0.1, -0.05) is 17.3 Å². The number of nitrogens with two attached hydrogens (primary N) is 2. The van der Waals surface area contributed by atoms with E-state index in [-0.39, 0.29) is 6.42 Å². The minimum atomic E-state index is -1.08. The number of nitrogens with zero attached hydrogens (tertiary/aromatic N) is 3.